The molecule has 0 saturated carbocycles. The van der Waals surface area contributed by atoms with Crippen molar-refractivity contribution in [3.63, 3.8) is 0 Å². The monoisotopic (exact) mass is 361 g/mol. The van der Waals surface area contributed by atoms with Crippen LogP contribution in [0, 0.1) is 35.4 Å². The van der Waals surface area contributed by atoms with Crippen LogP contribution in [0.15, 0.2) is 21.5 Å². The topological polar surface area (TPSA) is 50.4 Å². The Hall–Kier alpha value is -1.44. The third-order valence-corrected chi connectivity index (χ3v) is 6.11. The minimum atomic E-state index is -0.497. The fourth-order valence-electron chi connectivity index (χ4n) is 3.31. The summed E-state index contributed by atoms with van der Waals surface area (Å²) in [4.78, 5) is 11.7. The van der Waals surface area contributed by atoms with Crippen molar-refractivity contribution < 1.29 is 9.52 Å². The molecule has 0 amide bonds. The van der Waals surface area contributed by atoms with Crippen molar-refractivity contribution in [3.05, 3.63) is 28.3 Å². The van der Waals surface area contributed by atoms with E-state index in [1.165, 1.54) is 6.07 Å². The summed E-state index contributed by atoms with van der Waals surface area (Å²) in [7, 11) is 14.8. The van der Waals surface area contributed by atoms with Gasteiger partial charge in [-0.15, -0.1) is 0 Å². The summed E-state index contributed by atoms with van der Waals surface area (Å²) >= 11 is 0. The predicted octanol–water partition coefficient (Wildman–Crippen LogP) is -6.34. The molecule has 0 aliphatic heterocycles. The second kappa shape index (κ2) is 12.2. The molecule has 1 N–H and O–H groups in total. The molecule has 0 aliphatic carbocycles. The molecular weight excluding hydrogens is 344 g/mol. The summed E-state index contributed by atoms with van der Waals surface area (Å²) in [6.45, 7) is 0. The molecule has 1 rings (SSSR count). The fraction of sp³-hybridized carbons (Fsp3) is 0.0833. The molecule has 0 aliphatic rings. The first-order valence-electron chi connectivity index (χ1n) is 9.32. The predicted molar refractivity (Wildman–Crippen MR) is 147 cm³/mol. The maximum absolute atomic E-state index is 11.7. The zero-order valence-corrected chi connectivity index (χ0v) is 18.1. The first kappa shape index (κ1) is 24.6. The first-order chi connectivity index (χ1) is 13.2. The van der Waals surface area contributed by atoms with Gasteiger partial charge in [0.2, 0.25) is 0 Å². The van der Waals surface area contributed by atoms with E-state index in [1.807, 2.05) is 0 Å². The van der Waals surface area contributed by atoms with E-state index in [0.29, 0.717) is 37.1 Å². The van der Waals surface area contributed by atoms with E-state index in [9.17, 15) is 9.90 Å². The third kappa shape index (κ3) is 7.89. The van der Waals surface area contributed by atoms with Crippen LogP contribution >= 0.6 is 10.3 Å². The van der Waals surface area contributed by atoms with Crippen molar-refractivity contribution in [3.8, 4) is 41.1 Å². The Morgan fingerprint density at radius 1 is 1.21 bits per heavy atom. The summed E-state index contributed by atoms with van der Waals surface area (Å²) in [6, 6.07) is 3.57. The van der Waals surface area contributed by atoms with E-state index in [1.54, 1.807) is 0 Å². The molecule has 1 unspecified atom stereocenters. The van der Waals surface area contributed by atoms with Gasteiger partial charge in [-0.1, -0.05) is 0 Å². The van der Waals surface area contributed by atoms with E-state index in [2.05, 4.69) is 81.4 Å². The molecule has 1 atom stereocenters. The molecule has 0 spiro atoms. The van der Waals surface area contributed by atoms with Gasteiger partial charge in [0.1, 0.15) is 0 Å². The average molecular weight is 361 g/mol. The second-order valence-electron chi connectivity index (χ2n) is 7.55. The Kier molecular flexibility index (Phi) is 10.7. The molecule has 1 aromatic heterocycles. The summed E-state index contributed by atoms with van der Waals surface area (Å²) < 4.78 is 5.38. The number of terminal acetylenes is 1. The van der Waals surface area contributed by atoms with Crippen molar-refractivity contribution in [2.45, 2.75) is 5.75 Å². The van der Waals surface area contributed by atoms with E-state index in [4.69, 9.17) is 10.8 Å². The van der Waals surface area contributed by atoms with Crippen LogP contribution in [0.4, 0.5) is 0 Å². The van der Waals surface area contributed by atoms with Gasteiger partial charge in [-0.3, -0.25) is 0 Å². The molecule has 126 valence electrons. The van der Waals surface area contributed by atoms with Crippen LogP contribution in [0.2, 0.25) is 0 Å². The number of rotatable bonds is 7. The normalized spacial score (nSPS) is 10.0. The van der Waals surface area contributed by atoms with Crippen LogP contribution in [0.5, 0.6) is 5.75 Å². The first-order valence-corrected chi connectivity index (χ1v) is 10.8. The van der Waals surface area contributed by atoms with Crippen LogP contribution in [0.3, 0.4) is 0 Å². The van der Waals surface area contributed by atoms with Crippen LogP contribution in [0.25, 0.3) is 0 Å². The van der Waals surface area contributed by atoms with E-state index in [0.717, 1.165) is 6.26 Å². The van der Waals surface area contributed by atoms with Gasteiger partial charge >= 0.3 is 179 Å². The molecular formula is C12H17B12O3S-. The van der Waals surface area contributed by atoms with E-state index < -0.39 is 21.5 Å². The molecule has 1 aromatic rings. The summed E-state index contributed by atoms with van der Waals surface area (Å²) in [5.74, 6) is 10.7. The van der Waals surface area contributed by atoms with E-state index >= 15 is 0 Å². The van der Waals surface area contributed by atoms with Gasteiger partial charge in [0.25, 0.3) is 0 Å². The van der Waals surface area contributed by atoms with Crippen molar-refractivity contribution in [1.82, 2.24) is 0 Å². The Balaban J connectivity index is 3.40. The van der Waals surface area contributed by atoms with Crippen molar-refractivity contribution in [2.75, 3.05) is 0 Å². The van der Waals surface area contributed by atoms with Gasteiger partial charge in [-0.2, -0.15) is 0 Å². The number of hydrogen-bond acceptors (Lipinski definition) is 3. The van der Waals surface area contributed by atoms with E-state index in [-0.39, 0.29) is 6.39 Å². The minimum absolute atomic E-state index is 0.287. The van der Waals surface area contributed by atoms with Crippen molar-refractivity contribution in [1.29, 1.82) is 0 Å². The Morgan fingerprint density at radius 3 is 2.39 bits per heavy atom. The molecule has 0 fully saturated rings. The standard InChI is InChI=1S/C12H17B12O3S/c1-2-3-4-5-6-28(9-10-7-11(25)12(26)8-27-10)19-23(20(13)14)24(21(15)16)22(17)18/h1,7-8,15,26H,9,13-14,16-18H2/q-1/i13-1,14-1,15-1,16-1,17-1,18-1,19-1,20-1,21-1,22-1,23-1,24-1. The zero-order chi connectivity index (χ0) is 21.3. The van der Waals surface area contributed by atoms with Gasteiger partial charge < -0.3 is 0 Å². The Labute approximate surface area is 179 Å². The van der Waals surface area contributed by atoms with Gasteiger partial charge in [0, 0.05) is 0 Å². The molecule has 28 heavy (non-hydrogen) atoms. The Morgan fingerprint density at radius 2 is 1.89 bits per heavy atom. The molecule has 2 radical (unpaired) electrons. The third-order valence-electron chi connectivity index (χ3n) is 4.51. The van der Waals surface area contributed by atoms with Crippen LogP contribution in [-0.4, -0.2) is 89.5 Å². The average Bonchev–Trinajstić information content (AvgIpc) is 2.60. The van der Waals surface area contributed by atoms with Crippen LogP contribution in [0.1, 0.15) is 5.76 Å². The molecule has 0 aromatic carbocycles. The van der Waals surface area contributed by atoms with Gasteiger partial charge in [-0.05, 0) is 0 Å². The quantitative estimate of drug-likeness (QED) is 0.388. The molecule has 1 heterocycles. The number of hydrogen-bond donors (Lipinski definition) is 1. The second-order valence-corrected chi connectivity index (χ2v) is 9.17. The Bertz CT molecular complexity index is 921. The van der Waals surface area contributed by atoms with Gasteiger partial charge in [-0.25, -0.2) is 0 Å². The molecule has 3 nitrogen and oxygen atoms in total. The fourth-order valence-corrected chi connectivity index (χ4v) is 5.06. The SMILES string of the molecule is [10BH-][10B]([10BH2])[10B]([10B]([10BH2])[10BH2])[10B]([10B]=S(C#CC#CC#C)Cc1cc(=O)c(O)co1)[10B]([10BH2])[10BH2]. The summed E-state index contributed by atoms with van der Waals surface area (Å²) in [5.41, 5.74) is -0.461. The number of aromatic hydroxyl groups is 1. The van der Waals surface area contributed by atoms with Crippen LogP contribution < -0.4 is 5.43 Å². The van der Waals surface area contributed by atoms with Gasteiger partial charge in [0.05, 0.1) is 0 Å². The summed E-state index contributed by atoms with van der Waals surface area (Å²) in [5, 5.41) is 12.6. The molecule has 0 bridgehead atoms. The summed E-state index contributed by atoms with van der Waals surface area (Å²) in [6.07, 6.45) is 8.10. The molecule has 16 heteroatoms. The van der Waals surface area contributed by atoms with Gasteiger partial charge in [0.15, 0.2) is 0 Å². The van der Waals surface area contributed by atoms with Crippen LogP contribution in [-0.2, 0) is 5.75 Å². The van der Waals surface area contributed by atoms with Crippen molar-refractivity contribution in [2.24, 2.45) is 0 Å². The van der Waals surface area contributed by atoms with Crippen molar-refractivity contribution >= 4 is 94.7 Å². The molecule has 0 saturated heterocycles. The zero-order valence-electron chi connectivity index (χ0n) is 17.3. The maximum atomic E-state index is 11.7.